The van der Waals surface area contributed by atoms with Gasteiger partial charge in [0.05, 0.1) is 16.8 Å². The Kier molecular flexibility index (Phi) is 5.84. The quantitative estimate of drug-likeness (QED) is 0.869. The van der Waals surface area contributed by atoms with Crippen LogP contribution in [-0.4, -0.2) is 43.0 Å². The molecule has 1 aliphatic heterocycles. The second-order valence-corrected chi connectivity index (χ2v) is 6.99. The first kappa shape index (κ1) is 18.1. The van der Waals surface area contributed by atoms with Crippen LogP contribution in [0, 0.1) is 0 Å². The van der Waals surface area contributed by atoms with E-state index in [1.807, 2.05) is 43.3 Å². The molecule has 0 radical (unpaired) electrons. The minimum absolute atomic E-state index is 0.0377. The molecule has 0 aliphatic carbocycles. The maximum absolute atomic E-state index is 12.5. The monoisotopic (exact) mass is 377 g/mol. The van der Waals surface area contributed by atoms with Crippen LogP contribution < -0.4 is 10.2 Å². The van der Waals surface area contributed by atoms with E-state index in [2.05, 4.69) is 21.2 Å². The van der Waals surface area contributed by atoms with Gasteiger partial charge in [-0.25, -0.2) is 0 Å². The summed E-state index contributed by atoms with van der Waals surface area (Å²) < 4.78 is 0. The number of nitrogens with zero attached hydrogens (tertiary/aromatic N) is 2. The van der Waals surface area contributed by atoms with Crippen molar-refractivity contribution >= 4 is 40.5 Å². The fourth-order valence-electron chi connectivity index (χ4n) is 3.01. The van der Waals surface area contributed by atoms with Crippen LogP contribution in [0.3, 0.4) is 0 Å². The molecule has 1 N–H and O–H groups in total. The number of rotatable bonds is 4. The van der Waals surface area contributed by atoms with E-state index in [-0.39, 0.29) is 11.9 Å². The number of nitrogens with one attached hydrogen (secondary N) is 1. The first-order chi connectivity index (χ1) is 12.0. The minimum Gasteiger partial charge on any atom is -0.369 e. The second-order valence-electron chi connectivity index (χ2n) is 6.15. The summed E-state index contributed by atoms with van der Waals surface area (Å²) in [5.74, 6) is -0.0377. The van der Waals surface area contributed by atoms with Crippen LogP contribution in [0.4, 0.5) is 11.4 Å². The number of carbonyl (C=O) groups excluding carboxylic acids is 1. The zero-order valence-electron chi connectivity index (χ0n) is 14.1. The average Bonchev–Trinajstić information content (AvgIpc) is 2.63. The van der Waals surface area contributed by atoms with Gasteiger partial charge in [0, 0.05) is 36.9 Å². The Morgan fingerprint density at radius 3 is 2.44 bits per heavy atom. The highest BCUT2D eigenvalue weighted by molar-refractivity contribution is 6.33. The van der Waals surface area contributed by atoms with Crippen LogP contribution >= 0.6 is 23.2 Å². The molecule has 2 aromatic carbocycles. The Hall–Kier alpha value is -1.75. The van der Waals surface area contributed by atoms with Crippen LogP contribution in [0.15, 0.2) is 48.5 Å². The topological polar surface area (TPSA) is 35.6 Å². The average molecular weight is 378 g/mol. The van der Waals surface area contributed by atoms with Crippen molar-refractivity contribution in [2.24, 2.45) is 0 Å². The summed E-state index contributed by atoms with van der Waals surface area (Å²) in [5.41, 5.74) is 1.78. The van der Waals surface area contributed by atoms with Gasteiger partial charge in [0.25, 0.3) is 0 Å². The van der Waals surface area contributed by atoms with E-state index in [0.29, 0.717) is 10.7 Å². The Bertz CT molecular complexity index is 745. The third-order valence-electron chi connectivity index (χ3n) is 4.55. The number of halogens is 2. The molecule has 132 valence electrons. The highest BCUT2D eigenvalue weighted by Gasteiger charge is 2.26. The third-order valence-corrected chi connectivity index (χ3v) is 5.11. The number of hydrogen-bond acceptors (Lipinski definition) is 3. The van der Waals surface area contributed by atoms with Crippen LogP contribution in [0.25, 0.3) is 0 Å². The summed E-state index contributed by atoms with van der Waals surface area (Å²) in [4.78, 5) is 17.0. The van der Waals surface area contributed by atoms with Crippen molar-refractivity contribution in [2.45, 2.75) is 13.0 Å². The molecule has 0 aromatic heterocycles. The zero-order valence-corrected chi connectivity index (χ0v) is 15.6. The Labute approximate surface area is 158 Å². The van der Waals surface area contributed by atoms with Crippen molar-refractivity contribution in [3.8, 4) is 0 Å². The van der Waals surface area contributed by atoms with Gasteiger partial charge in [-0.3, -0.25) is 9.69 Å². The fourth-order valence-corrected chi connectivity index (χ4v) is 3.37. The molecule has 1 saturated heterocycles. The van der Waals surface area contributed by atoms with Gasteiger partial charge in [-0.05, 0) is 37.3 Å². The Morgan fingerprint density at radius 1 is 1.04 bits per heavy atom. The summed E-state index contributed by atoms with van der Waals surface area (Å²) in [6.07, 6.45) is 0. The molecule has 4 nitrogen and oxygen atoms in total. The van der Waals surface area contributed by atoms with Gasteiger partial charge < -0.3 is 10.2 Å². The van der Waals surface area contributed by atoms with Crippen molar-refractivity contribution in [3.05, 3.63) is 58.6 Å². The van der Waals surface area contributed by atoms with E-state index in [1.54, 1.807) is 6.07 Å². The van der Waals surface area contributed by atoms with E-state index in [4.69, 9.17) is 23.2 Å². The lowest BCUT2D eigenvalue weighted by Gasteiger charge is -2.38. The number of benzene rings is 2. The smallest absolute Gasteiger partial charge is 0.241 e. The number of amides is 1. The summed E-state index contributed by atoms with van der Waals surface area (Å²) in [7, 11) is 0. The molecular formula is C19H21Cl2N3O. The van der Waals surface area contributed by atoms with Crippen molar-refractivity contribution in [2.75, 3.05) is 36.4 Å². The predicted octanol–water partition coefficient (Wildman–Crippen LogP) is 4.14. The van der Waals surface area contributed by atoms with E-state index in [9.17, 15) is 4.79 Å². The molecule has 1 amide bonds. The van der Waals surface area contributed by atoms with E-state index < -0.39 is 0 Å². The lowest BCUT2D eigenvalue weighted by molar-refractivity contribution is -0.120. The van der Waals surface area contributed by atoms with Gasteiger partial charge >= 0.3 is 0 Å². The van der Waals surface area contributed by atoms with Gasteiger partial charge in [0.2, 0.25) is 5.91 Å². The number of carbonyl (C=O) groups is 1. The fraction of sp³-hybridized carbons (Fsp3) is 0.316. The van der Waals surface area contributed by atoms with Crippen molar-refractivity contribution in [1.29, 1.82) is 0 Å². The molecule has 2 aromatic rings. The summed E-state index contributed by atoms with van der Waals surface area (Å²) in [6, 6.07) is 15.0. The maximum atomic E-state index is 12.5. The lowest BCUT2D eigenvalue weighted by atomic mass is 10.2. The van der Waals surface area contributed by atoms with Gasteiger partial charge in [-0.1, -0.05) is 41.4 Å². The minimum atomic E-state index is -0.210. The molecule has 25 heavy (non-hydrogen) atoms. The largest absolute Gasteiger partial charge is 0.369 e. The predicted molar refractivity (Wildman–Crippen MR) is 105 cm³/mol. The van der Waals surface area contributed by atoms with E-state index >= 15 is 0 Å². The molecule has 6 heteroatoms. The molecule has 1 heterocycles. The van der Waals surface area contributed by atoms with E-state index in [0.717, 1.165) is 36.9 Å². The van der Waals surface area contributed by atoms with Crippen LogP contribution in [0.2, 0.25) is 10.0 Å². The molecule has 0 saturated carbocycles. The highest BCUT2D eigenvalue weighted by atomic mass is 35.5. The summed E-state index contributed by atoms with van der Waals surface area (Å²) in [5, 5.41) is 4.21. The van der Waals surface area contributed by atoms with Crippen molar-refractivity contribution < 1.29 is 4.79 Å². The summed E-state index contributed by atoms with van der Waals surface area (Å²) in [6.45, 7) is 5.31. The highest BCUT2D eigenvalue weighted by Crippen LogP contribution is 2.23. The molecule has 0 spiro atoms. The molecule has 0 unspecified atom stereocenters. The zero-order chi connectivity index (χ0) is 17.8. The molecular weight excluding hydrogens is 357 g/mol. The van der Waals surface area contributed by atoms with Crippen LogP contribution in [0.1, 0.15) is 6.92 Å². The number of para-hydroxylation sites is 1. The maximum Gasteiger partial charge on any atom is 0.241 e. The molecule has 0 bridgehead atoms. The van der Waals surface area contributed by atoms with E-state index in [1.165, 1.54) is 0 Å². The molecule has 1 fully saturated rings. The van der Waals surface area contributed by atoms with Gasteiger partial charge in [0.15, 0.2) is 0 Å². The lowest BCUT2D eigenvalue weighted by Crippen LogP contribution is -2.52. The number of piperazine rings is 1. The van der Waals surface area contributed by atoms with Gasteiger partial charge in [-0.2, -0.15) is 0 Å². The van der Waals surface area contributed by atoms with Crippen LogP contribution in [0.5, 0.6) is 0 Å². The molecule has 1 atom stereocenters. The first-order valence-electron chi connectivity index (χ1n) is 8.34. The normalized spacial score (nSPS) is 16.5. The molecule has 1 aliphatic rings. The van der Waals surface area contributed by atoms with Crippen molar-refractivity contribution in [1.82, 2.24) is 4.90 Å². The summed E-state index contributed by atoms with van der Waals surface area (Å²) >= 11 is 12.2. The number of hydrogen-bond donors (Lipinski definition) is 1. The van der Waals surface area contributed by atoms with Gasteiger partial charge in [-0.15, -0.1) is 0 Å². The molecule has 3 rings (SSSR count). The number of anilines is 2. The third kappa shape index (κ3) is 4.46. The Morgan fingerprint density at radius 2 is 1.76 bits per heavy atom. The standard InChI is InChI=1S/C19H21Cl2N3O/c1-14(19(25)22-18-8-3-2-7-17(18)21)23-9-11-24(12-10-23)16-6-4-5-15(20)13-16/h2-8,13-14H,9-12H2,1H3,(H,22,25)/t14-/m1/s1. The van der Waals surface area contributed by atoms with Crippen LogP contribution in [-0.2, 0) is 4.79 Å². The van der Waals surface area contributed by atoms with Crippen molar-refractivity contribution in [3.63, 3.8) is 0 Å². The Balaban J connectivity index is 1.57. The van der Waals surface area contributed by atoms with Gasteiger partial charge in [0.1, 0.15) is 0 Å². The second kappa shape index (κ2) is 8.09. The first-order valence-corrected chi connectivity index (χ1v) is 9.10. The SMILES string of the molecule is C[C@H](C(=O)Nc1ccccc1Cl)N1CCN(c2cccc(Cl)c2)CC1.